The molecule has 7 nitrogen and oxygen atoms in total. The number of carbonyl (C=O) groups excluding carboxylic acids is 2. The van der Waals surface area contributed by atoms with Crippen LogP contribution in [0.15, 0.2) is 66.7 Å². The van der Waals surface area contributed by atoms with Gasteiger partial charge in [0.2, 0.25) is 0 Å². The molecule has 3 aromatic rings. The van der Waals surface area contributed by atoms with Gasteiger partial charge >= 0.3 is 12.1 Å². The van der Waals surface area contributed by atoms with E-state index in [0.29, 0.717) is 24.1 Å². The Kier molecular flexibility index (Phi) is 5.99. The van der Waals surface area contributed by atoms with Crippen molar-refractivity contribution in [1.29, 1.82) is 0 Å². The summed E-state index contributed by atoms with van der Waals surface area (Å²) in [5.74, 6) is -1.67. The van der Waals surface area contributed by atoms with Crippen molar-refractivity contribution in [3.8, 4) is 11.1 Å². The fraction of sp³-hybridized carbons (Fsp3) is 0.250. The number of carboxylic acids is 1. The second kappa shape index (κ2) is 9.25. The van der Waals surface area contributed by atoms with E-state index < -0.39 is 18.0 Å². The van der Waals surface area contributed by atoms with Crippen molar-refractivity contribution in [3.05, 3.63) is 89.0 Å². The number of nitrogens with one attached hydrogen (secondary N) is 2. The third-order valence-electron chi connectivity index (χ3n) is 6.82. The molecule has 7 heteroatoms. The molecule has 2 aliphatic carbocycles. The summed E-state index contributed by atoms with van der Waals surface area (Å²) in [5.41, 5.74) is 6.07. The second-order valence-electron chi connectivity index (χ2n) is 9.18. The molecule has 1 fully saturated rings. The SMILES string of the molecule is Cc1ccc(NC(=O)OCC2c3ccccc3-c3ccccc32)c(C(=O)NC2CC(C(=O)O)C2)c1. The first-order valence-electron chi connectivity index (χ1n) is 11.7. The van der Waals surface area contributed by atoms with Crippen LogP contribution in [0.4, 0.5) is 10.5 Å². The maximum atomic E-state index is 12.9. The fourth-order valence-electron chi connectivity index (χ4n) is 4.90. The zero-order valence-corrected chi connectivity index (χ0v) is 19.3. The number of rotatable bonds is 6. The van der Waals surface area contributed by atoms with Crippen LogP contribution < -0.4 is 10.6 Å². The quantitative estimate of drug-likeness (QED) is 0.473. The Balaban J connectivity index is 1.26. The Morgan fingerprint density at radius 2 is 1.57 bits per heavy atom. The monoisotopic (exact) mass is 470 g/mol. The number of aryl methyl sites for hydroxylation is 1. The van der Waals surface area contributed by atoms with Gasteiger partial charge in [0.25, 0.3) is 5.91 Å². The number of carboxylic acid groups (broad SMARTS) is 1. The van der Waals surface area contributed by atoms with Crippen LogP contribution in [0.2, 0.25) is 0 Å². The number of carbonyl (C=O) groups is 3. The number of anilines is 1. The summed E-state index contributed by atoms with van der Waals surface area (Å²) in [4.78, 5) is 36.6. The second-order valence-corrected chi connectivity index (χ2v) is 9.18. The fourth-order valence-corrected chi connectivity index (χ4v) is 4.90. The Labute approximate surface area is 203 Å². The minimum atomic E-state index is -0.844. The largest absolute Gasteiger partial charge is 0.481 e. The van der Waals surface area contributed by atoms with Crippen LogP contribution in [-0.4, -0.2) is 35.7 Å². The highest BCUT2D eigenvalue weighted by molar-refractivity contribution is 6.03. The number of benzene rings is 3. The van der Waals surface area contributed by atoms with Gasteiger partial charge in [0.15, 0.2) is 0 Å². The number of hydrogen-bond acceptors (Lipinski definition) is 4. The van der Waals surface area contributed by atoms with Gasteiger partial charge in [-0.3, -0.25) is 14.9 Å². The number of aliphatic carboxylic acids is 1. The van der Waals surface area contributed by atoms with Crippen LogP contribution >= 0.6 is 0 Å². The lowest BCUT2D eigenvalue weighted by molar-refractivity contribution is -0.145. The molecule has 178 valence electrons. The molecule has 0 radical (unpaired) electrons. The summed E-state index contributed by atoms with van der Waals surface area (Å²) < 4.78 is 5.62. The Hall–Kier alpha value is -4.13. The van der Waals surface area contributed by atoms with Crippen molar-refractivity contribution in [2.24, 2.45) is 5.92 Å². The third kappa shape index (κ3) is 4.49. The standard InChI is InChI=1S/C28H26N2O5/c1-16-10-11-25(23(12-16)26(31)29-18-13-17(14-18)27(32)33)30-28(34)35-15-24-21-8-4-2-6-19(21)20-7-3-5-9-22(20)24/h2-12,17-18,24H,13-15H2,1H3,(H,29,31)(H,30,34)(H,32,33). The van der Waals surface area contributed by atoms with Crippen molar-refractivity contribution in [2.45, 2.75) is 31.7 Å². The summed E-state index contributed by atoms with van der Waals surface area (Å²) in [6.07, 6.45) is 0.170. The molecule has 0 aromatic heterocycles. The van der Waals surface area contributed by atoms with Gasteiger partial charge in [0.1, 0.15) is 6.61 Å². The Bertz CT molecular complexity index is 1270. The van der Waals surface area contributed by atoms with E-state index in [4.69, 9.17) is 9.84 Å². The van der Waals surface area contributed by atoms with Crippen molar-refractivity contribution in [2.75, 3.05) is 11.9 Å². The van der Waals surface area contributed by atoms with E-state index in [9.17, 15) is 14.4 Å². The Morgan fingerprint density at radius 3 is 2.20 bits per heavy atom. The smallest absolute Gasteiger partial charge is 0.411 e. The lowest BCUT2D eigenvalue weighted by Crippen LogP contribution is -2.46. The lowest BCUT2D eigenvalue weighted by Gasteiger charge is -2.33. The molecule has 0 heterocycles. The molecule has 1 saturated carbocycles. The summed E-state index contributed by atoms with van der Waals surface area (Å²) in [7, 11) is 0. The molecule has 0 saturated heterocycles. The van der Waals surface area contributed by atoms with Crippen molar-refractivity contribution in [3.63, 3.8) is 0 Å². The van der Waals surface area contributed by atoms with Gasteiger partial charge in [-0.15, -0.1) is 0 Å². The molecule has 0 spiro atoms. The van der Waals surface area contributed by atoms with E-state index in [-0.39, 0.29) is 24.5 Å². The first-order chi connectivity index (χ1) is 16.9. The van der Waals surface area contributed by atoms with Crippen LogP contribution in [-0.2, 0) is 9.53 Å². The average Bonchev–Trinajstić information content (AvgIpc) is 3.14. The lowest BCUT2D eigenvalue weighted by atomic mass is 9.80. The van der Waals surface area contributed by atoms with Gasteiger partial charge in [-0.1, -0.05) is 60.2 Å². The molecular weight excluding hydrogens is 444 g/mol. The van der Waals surface area contributed by atoms with Crippen LogP contribution in [0.1, 0.15) is 45.8 Å². The van der Waals surface area contributed by atoms with Gasteiger partial charge in [0.05, 0.1) is 17.2 Å². The van der Waals surface area contributed by atoms with E-state index in [1.165, 1.54) is 0 Å². The van der Waals surface area contributed by atoms with Gasteiger partial charge in [-0.25, -0.2) is 4.79 Å². The number of hydrogen-bond donors (Lipinski definition) is 3. The maximum absolute atomic E-state index is 12.9. The van der Waals surface area contributed by atoms with Gasteiger partial charge < -0.3 is 15.2 Å². The highest BCUT2D eigenvalue weighted by Gasteiger charge is 2.35. The summed E-state index contributed by atoms with van der Waals surface area (Å²) in [6, 6.07) is 21.2. The molecule has 3 aromatic carbocycles. The van der Waals surface area contributed by atoms with Crippen molar-refractivity contribution in [1.82, 2.24) is 5.32 Å². The van der Waals surface area contributed by atoms with E-state index in [1.54, 1.807) is 18.2 Å². The zero-order chi connectivity index (χ0) is 24.5. The molecule has 0 aliphatic heterocycles. The number of amides is 2. The molecule has 2 aliphatic rings. The zero-order valence-electron chi connectivity index (χ0n) is 19.3. The minimum Gasteiger partial charge on any atom is -0.481 e. The van der Waals surface area contributed by atoms with E-state index >= 15 is 0 Å². The molecule has 35 heavy (non-hydrogen) atoms. The highest BCUT2D eigenvalue weighted by atomic mass is 16.5. The molecule has 3 N–H and O–H groups in total. The van der Waals surface area contributed by atoms with Crippen LogP contribution in [0.25, 0.3) is 11.1 Å². The minimum absolute atomic E-state index is 0.0604. The van der Waals surface area contributed by atoms with Gasteiger partial charge in [-0.2, -0.15) is 0 Å². The maximum Gasteiger partial charge on any atom is 0.411 e. The Morgan fingerprint density at radius 1 is 0.943 bits per heavy atom. The van der Waals surface area contributed by atoms with E-state index in [1.807, 2.05) is 31.2 Å². The van der Waals surface area contributed by atoms with Crippen LogP contribution in [0, 0.1) is 12.8 Å². The normalized spacial score (nSPS) is 18.1. The molecule has 5 rings (SSSR count). The van der Waals surface area contributed by atoms with Crippen molar-refractivity contribution < 1.29 is 24.2 Å². The summed E-state index contributed by atoms with van der Waals surface area (Å²) >= 11 is 0. The predicted octanol–water partition coefficient (Wildman–Crippen LogP) is 4.95. The highest BCUT2D eigenvalue weighted by Crippen LogP contribution is 2.44. The summed E-state index contributed by atoms with van der Waals surface area (Å²) in [6.45, 7) is 2.03. The first-order valence-corrected chi connectivity index (χ1v) is 11.7. The predicted molar refractivity (Wildman–Crippen MR) is 131 cm³/mol. The van der Waals surface area contributed by atoms with E-state index in [2.05, 4.69) is 34.9 Å². The third-order valence-corrected chi connectivity index (χ3v) is 6.82. The molecular formula is C28H26N2O5. The van der Waals surface area contributed by atoms with Crippen molar-refractivity contribution >= 4 is 23.7 Å². The van der Waals surface area contributed by atoms with Gasteiger partial charge in [0, 0.05) is 12.0 Å². The first kappa shape index (κ1) is 22.7. The van der Waals surface area contributed by atoms with Crippen LogP contribution in [0.3, 0.4) is 0 Å². The van der Waals surface area contributed by atoms with E-state index in [0.717, 1.165) is 27.8 Å². The molecule has 2 amide bonds. The molecule has 0 bridgehead atoms. The number of ether oxygens (including phenoxy) is 1. The number of fused-ring (bicyclic) bond motifs is 3. The van der Waals surface area contributed by atoms with Gasteiger partial charge in [-0.05, 0) is 54.2 Å². The summed E-state index contributed by atoms with van der Waals surface area (Å²) in [5, 5.41) is 14.6. The average molecular weight is 471 g/mol. The van der Waals surface area contributed by atoms with Crippen LogP contribution in [0.5, 0.6) is 0 Å². The molecule has 0 unspecified atom stereocenters. The topological polar surface area (TPSA) is 105 Å². The molecule has 0 atom stereocenters.